The van der Waals surface area contributed by atoms with Crippen molar-refractivity contribution in [1.29, 1.82) is 0 Å². The lowest BCUT2D eigenvalue weighted by Crippen LogP contribution is -2.48. The fourth-order valence-corrected chi connectivity index (χ4v) is 5.76. The molecule has 0 unspecified atom stereocenters. The SMILES string of the molecule is Cc1cc(C)c(C)c(S(=O)(=O)N2CCN(Cc3cnn(C)c3C)CC2)c1C. The summed E-state index contributed by atoms with van der Waals surface area (Å²) in [6, 6.07) is 2.07. The van der Waals surface area contributed by atoms with Gasteiger partial charge >= 0.3 is 0 Å². The molecule has 0 radical (unpaired) electrons. The minimum absolute atomic E-state index is 0.497. The lowest BCUT2D eigenvalue weighted by molar-refractivity contribution is 0.181. The lowest BCUT2D eigenvalue weighted by atomic mass is 10.0. The summed E-state index contributed by atoms with van der Waals surface area (Å²) in [5, 5.41) is 4.30. The molecule has 0 atom stereocenters. The summed E-state index contributed by atoms with van der Waals surface area (Å²) in [7, 11) is -1.54. The summed E-state index contributed by atoms with van der Waals surface area (Å²) in [4.78, 5) is 2.80. The largest absolute Gasteiger partial charge is 0.296 e. The average Bonchev–Trinajstić information content (AvgIpc) is 2.93. The highest BCUT2D eigenvalue weighted by Crippen LogP contribution is 2.29. The third kappa shape index (κ3) is 3.68. The number of benzene rings is 1. The summed E-state index contributed by atoms with van der Waals surface area (Å²) in [6.07, 6.45) is 1.90. The molecule has 148 valence electrons. The standard InChI is InChI=1S/C20H30N4O2S/c1-14-11-15(2)17(4)20(16(14)3)27(25,26)24-9-7-23(8-10-24)13-19-12-21-22(6)18(19)5/h11-12H,7-10,13H2,1-6H3. The van der Waals surface area contributed by atoms with E-state index >= 15 is 0 Å². The van der Waals surface area contributed by atoms with Crippen LogP contribution in [0.4, 0.5) is 0 Å². The normalized spacial score (nSPS) is 16.8. The van der Waals surface area contributed by atoms with E-state index < -0.39 is 10.0 Å². The van der Waals surface area contributed by atoms with Crippen molar-refractivity contribution in [2.24, 2.45) is 7.05 Å². The number of aryl methyl sites for hydroxylation is 3. The van der Waals surface area contributed by atoms with E-state index in [-0.39, 0.29) is 0 Å². The Morgan fingerprint density at radius 3 is 2.00 bits per heavy atom. The van der Waals surface area contributed by atoms with Gasteiger partial charge in [-0.3, -0.25) is 9.58 Å². The Labute approximate surface area is 162 Å². The number of piperazine rings is 1. The van der Waals surface area contributed by atoms with Crippen LogP contribution < -0.4 is 0 Å². The Hall–Kier alpha value is -1.70. The van der Waals surface area contributed by atoms with Gasteiger partial charge in [0.05, 0.1) is 11.1 Å². The van der Waals surface area contributed by atoms with E-state index in [4.69, 9.17) is 0 Å². The molecule has 27 heavy (non-hydrogen) atoms. The van der Waals surface area contributed by atoms with Crippen molar-refractivity contribution in [1.82, 2.24) is 19.0 Å². The Morgan fingerprint density at radius 2 is 1.52 bits per heavy atom. The van der Waals surface area contributed by atoms with E-state index in [2.05, 4.69) is 23.0 Å². The zero-order chi connectivity index (χ0) is 19.9. The summed E-state index contributed by atoms with van der Waals surface area (Å²) >= 11 is 0. The van der Waals surface area contributed by atoms with Crippen molar-refractivity contribution in [3.8, 4) is 0 Å². The molecule has 0 amide bonds. The number of sulfonamides is 1. The van der Waals surface area contributed by atoms with Crippen molar-refractivity contribution in [3.63, 3.8) is 0 Å². The van der Waals surface area contributed by atoms with E-state index in [9.17, 15) is 8.42 Å². The molecule has 1 aromatic carbocycles. The van der Waals surface area contributed by atoms with Crippen LogP contribution in [0.3, 0.4) is 0 Å². The molecule has 1 aliphatic rings. The molecule has 2 heterocycles. The fourth-order valence-electron chi connectivity index (χ4n) is 3.76. The molecular formula is C20H30N4O2S. The van der Waals surface area contributed by atoms with Gasteiger partial charge < -0.3 is 0 Å². The van der Waals surface area contributed by atoms with Gasteiger partial charge in [0.15, 0.2) is 0 Å². The molecule has 1 aromatic heterocycles. The maximum Gasteiger partial charge on any atom is 0.243 e. The monoisotopic (exact) mass is 390 g/mol. The summed E-state index contributed by atoms with van der Waals surface area (Å²) in [6.45, 7) is 13.2. The van der Waals surface area contributed by atoms with Crippen LogP contribution >= 0.6 is 0 Å². The molecule has 3 rings (SSSR count). The van der Waals surface area contributed by atoms with Gasteiger partial charge in [-0.15, -0.1) is 0 Å². The van der Waals surface area contributed by atoms with E-state index in [1.807, 2.05) is 45.6 Å². The van der Waals surface area contributed by atoms with Crippen LogP contribution in [0.25, 0.3) is 0 Å². The molecular weight excluding hydrogens is 360 g/mol. The Balaban J connectivity index is 1.77. The van der Waals surface area contributed by atoms with Crippen LogP contribution in [0.2, 0.25) is 0 Å². The summed E-state index contributed by atoms with van der Waals surface area (Å²) in [5.74, 6) is 0. The first kappa shape index (κ1) is 20.0. The summed E-state index contributed by atoms with van der Waals surface area (Å²) < 4.78 is 30.2. The van der Waals surface area contributed by atoms with Crippen molar-refractivity contribution in [2.45, 2.75) is 46.1 Å². The first-order chi connectivity index (χ1) is 12.6. The van der Waals surface area contributed by atoms with Crippen molar-refractivity contribution < 1.29 is 8.42 Å². The molecule has 0 bridgehead atoms. The third-order valence-electron chi connectivity index (χ3n) is 5.96. The van der Waals surface area contributed by atoms with Gasteiger partial charge in [0.2, 0.25) is 10.0 Å². The number of hydrogen-bond donors (Lipinski definition) is 0. The topological polar surface area (TPSA) is 58.4 Å². The van der Waals surface area contributed by atoms with Crippen LogP contribution in [0, 0.1) is 34.6 Å². The number of nitrogens with zero attached hydrogens (tertiary/aromatic N) is 4. The van der Waals surface area contributed by atoms with Gasteiger partial charge in [0.25, 0.3) is 0 Å². The van der Waals surface area contributed by atoms with Crippen molar-refractivity contribution >= 4 is 10.0 Å². The van der Waals surface area contributed by atoms with E-state index in [0.717, 1.165) is 47.6 Å². The third-order valence-corrected chi connectivity index (χ3v) is 8.13. The van der Waals surface area contributed by atoms with E-state index in [1.165, 1.54) is 5.56 Å². The summed E-state index contributed by atoms with van der Waals surface area (Å²) in [5.41, 5.74) is 6.16. The predicted octanol–water partition coefficient (Wildman–Crippen LogP) is 2.47. The molecule has 1 fully saturated rings. The Bertz CT molecular complexity index is 929. The lowest BCUT2D eigenvalue weighted by Gasteiger charge is -2.34. The van der Waals surface area contributed by atoms with Crippen molar-refractivity contribution in [3.05, 3.63) is 45.8 Å². The zero-order valence-electron chi connectivity index (χ0n) is 17.2. The van der Waals surface area contributed by atoms with E-state index in [1.54, 1.807) is 4.31 Å². The molecule has 0 N–H and O–H groups in total. The van der Waals surface area contributed by atoms with Gasteiger partial charge in [-0.1, -0.05) is 6.07 Å². The maximum absolute atomic E-state index is 13.3. The second-order valence-electron chi connectivity index (χ2n) is 7.65. The molecule has 1 aliphatic heterocycles. The fraction of sp³-hybridized carbons (Fsp3) is 0.550. The van der Waals surface area contributed by atoms with Crippen LogP contribution in [-0.2, 0) is 23.6 Å². The minimum atomic E-state index is -3.48. The predicted molar refractivity (Wildman–Crippen MR) is 107 cm³/mol. The zero-order valence-corrected chi connectivity index (χ0v) is 18.0. The quantitative estimate of drug-likeness (QED) is 0.805. The second kappa shape index (κ2) is 7.37. The van der Waals surface area contributed by atoms with Gasteiger partial charge in [0.1, 0.15) is 0 Å². The van der Waals surface area contributed by atoms with Gasteiger partial charge in [-0.25, -0.2) is 8.42 Å². The molecule has 2 aromatic rings. The Kier molecular flexibility index (Phi) is 5.47. The smallest absolute Gasteiger partial charge is 0.243 e. The highest BCUT2D eigenvalue weighted by atomic mass is 32.2. The maximum atomic E-state index is 13.3. The Morgan fingerprint density at radius 1 is 0.963 bits per heavy atom. The number of rotatable bonds is 4. The van der Waals surface area contributed by atoms with Crippen LogP contribution in [0.5, 0.6) is 0 Å². The molecule has 0 spiro atoms. The van der Waals surface area contributed by atoms with E-state index in [0.29, 0.717) is 18.0 Å². The first-order valence-corrected chi connectivity index (χ1v) is 10.8. The molecule has 7 heteroatoms. The highest BCUT2D eigenvalue weighted by Gasteiger charge is 2.31. The molecule has 0 aliphatic carbocycles. The van der Waals surface area contributed by atoms with Crippen LogP contribution in [-0.4, -0.2) is 53.6 Å². The number of hydrogen-bond acceptors (Lipinski definition) is 4. The number of aromatic nitrogens is 2. The average molecular weight is 391 g/mol. The van der Waals surface area contributed by atoms with Gasteiger partial charge in [0, 0.05) is 51.0 Å². The molecule has 6 nitrogen and oxygen atoms in total. The van der Waals surface area contributed by atoms with Crippen LogP contribution in [0.15, 0.2) is 17.2 Å². The minimum Gasteiger partial charge on any atom is -0.296 e. The second-order valence-corrected chi connectivity index (χ2v) is 9.52. The first-order valence-electron chi connectivity index (χ1n) is 9.40. The molecule has 0 saturated carbocycles. The van der Waals surface area contributed by atoms with Gasteiger partial charge in [-0.2, -0.15) is 9.40 Å². The highest BCUT2D eigenvalue weighted by molar-refractivity contribution is 7.89. The molecule has 1 saturated heterocycles. The van der Waals surface area contributed by atoms with Crippen LogP contribution in [0.1, 0.15) is 33.5 Å². The van der Waals surface area contributed by atoms with Crippen molar-refractivity contribution in [2.75, 3.05) is 26.2 Å². The van der Waals surface area contributed by atoms with Gasteiger partial charge in [-0.05, 0) is 56.9 Å².